The lowest BCUT2D eigenvalue weighted by atomic mass is 9.88. The highest BCUT2D eigenvalue weighted by molar-refractivity contribution is 4.93. The first kappa shape index (κ1) is 12.9. The van der Waals surface area contributed by atoms with Crippen molar-refractivity contribution in [3.63, 3.8) is 0 Å². The van der Waals surface area contributed by atoms with Crippen molar-refractivity contribution >= 4 is 0 Å². The predicted octanol–water partition coefficient (Wildman–Crippen LogP) is 2.49. The fourth-order valence-electron chi connectivity index (χ4n) is 3.87. The van der Waals surface area contributed by atoms with Crippen LogP contribution >= 0.6 is 0 Å². The molecule has 0 aromatic rings. The Balaban J connectivity index is 1.44. The molecule has 3 rings (SSSR count). The quantitative estimate of drug-likeness (QED) is 0.838. The van der Waals surface area contributed by atoms with Gasteiger partial charge in [-0.15, -0.1) is 0 Å². The van der Waals surface area contributed by atoms with Gasteiger partial charge in [0.15, 0.2) is 0 Å². The van der Waals surface area contributed by atoms with Crippen LogP contribution in [-0.4, -0.2) is 38.0 Å². The Kier molecular flexibility index (Phi) is 4.22. The Hall–Kier alpha value is -0.120. The standard InChI is InChI=1S/C15H27NO2/c1-2-7-15(6-1)10-14(5-9-18-15)16-11-13-4-3-8-17-12-13/h13-14,16H,1-12H2. The van der Waals surface area contributed by atoms with Gasteiger partial charge >= 0.3 is 0 Å². The van der Waals surface area contributed by atoms with E-state index in [1.165, 1.54) is 51.4 Å². The van der Waals surface area contributed by atoms with Gasteiger partial charge in [0.25, 0.3) is 0 Å². The second kappa shape index (κ2) is 5.89. The molecule has 2 unspecified atom stereocenters. The van der Waals surface area contributed by atoms with Crippen LogP contribution in [0.15, 0.2) is 0 Å². The van der Waals surface area contributed by atoms with Crippen molar-refractivity contribution in [2.75, 3.05) is 26.4 Å². The summed E-state index contributed by atoms with van der Waals surface area (Å²) < 4.78 is 11.6. The fourth-order valence-corrected chi connectivity index (χ4v) is 3.87. The van der Waals surface area contributed by atoms with E-state index in [-0.39, 0.29) is 5.60 Å². The molecule has 2 aliphatic heterocycles. The van der Waals surface area contributed by atoms with Gasteiger partial charge in [-0.05, 0) is 44.4 Å². The molecule has 0 aromatic heterocycles. The molecule has 0 bridgehead atoms. The number of ether oxygens (including phenoxy) is 2. The molecule has 3 fully saturated rings. The zero-order chi connectivity index (χ0) is 12.3. The predicted molar refractivity (Wildman–Crippen MR) is 71.7 cm³/mol. The van der Waals surface area contributed by atoms with Gasteiger partial charge in [0.2, 0.25) is 0 Å². The van der Waals surface area contributed by atoms with Crippen molar-refractivity contribution in [3.05, 3.63) is 0 Å². The number of nitrogens with one attached hydrogen (secondary N) is 1. The lowest BCUT2D eigenvalue weighted by Crippen LogP contribution is -2.47. The number of rotatable bonds is 3. The summed E-state index contributed by atoms with van der Waals surface area (Å²) in [5.74, 6) is 0.737. The zero-order valence-electron chi connectivity index (χ0n) is 11.5. The summed E-state index contributed by atoms with van der Waals surface area (Å²) in [6, 6.07) is 0.679. The van der Waals surface area contributed by atoms with Crippen LogP contribution in [-0.2, 0) is 9.47 Å². The summed E-state index contributed by atoms with van der Waals surface area (Å²) in [7, 11) is 0. The summed E-state index contributed by atoms with van der Waals surface area (Å²) in [6.07, 6.45) is 10.3. The van der Waals surface area contributed by atoms with Gasteiger partial charge in [0.05, 0.1) is 12.2 Å². The molecule has 0 aromatic carbocycles. The van der Waals surface area contributed by atoms with Crippen LogP contribution < -0.4 is 5.32 Å². The largest absolute Gasteiger partial charge is 0.381 e. The van der Waals surface area contributed by atoms with Gasteiger partial charge in [-0.3, -0.25) is 0 Å². The van der Waals surface area contributed by atoms with Crippen molar-refractivity contribution in [1.82, 2.24) is 5.32 Å². The smallest absolute Gasteiger partial charge is 0.0697 e. The zero-order valence-corrected chi connectivity index (χ0v) is 11.5. The summed E-state index contributed by atoms with van der Waals surface area (Å²) in [5, 5.41) is 3.78. The first-order chi connectivity index (χ1) is 8.86. The van der Waals surface area contributed by atoms with E-state index in [2.05, 4.69) is 5.32 Å². The van der Waals surface area contributed by atoms with E-state index in [1.807, 2.05) is 0 Å². The van der Waals surface area contributed by atoms with Crippen molar-refractivity contribution < 1.29 is 9.47 Å². The maximum Gasteiger partial charge on any atom is 0.0697 e. The van der Waals surface area contributed by atoms with E-state index < -0.39 is 0 Å². The van der Waals surface area contributed by atoms with Gasteiger partial charge in [-0.2, -0.15) is 0 Å². The molecule has 2 atom stereocenters. The molecule has 1 aliphatic carbocycles. The average Bonchev–Trinajstić information content (AvgIpc) is 2.86. The molecule has 2 saturated heterocycles. The maximum atomic E-state index is 6.08. The van der Waals surface area contributed by atoms with E-state index in [4.69, 9.17) is 9.47 Å². The summed E-state index contributed by atoms with van der Waals surface area (Å²) >= 11 is 0. The van der Waals surface area contributed by atoms with Crippen molar-refractivity contribution in [2.45, 2.75) is 63.0 Å². The minimum Gasteiger partial charge on any atom is -0.381 e. The molecule has 2 heterocycles. The Morgan fingerprint density at radius 1 is 1.06 bits per heavy atom. The highest BCUT2D eigenvalue weighted by atomic mass is 16.5. The van der Waals surface area contributed by atoms with E-state index >= 15 is 0 Å². The molecule has 1 spiro atoms. The molecule has 3 aliphatic rings. The number of hydrogen-bond acceptors (Lipinski definition) is 3. The van der Waals surface area contributed by atoms with Gasteiger partial charge in [-0.25, -0.2) is 0 Å². The molecule has 3 nitrogen and oxygen atoms in total. The minimum atomic E-state index is 0.249. The van der Waals surface area contributed by atoms with E-state index in [0.717, 1.165) is 32.3 Å². The van der Waals surface area contributed by atoms with Gasteiger partial charge in [-0.1, -0.05) is 12.8 Å². The summed E-state index contributed by atoms with van der Waals surface area (Å²) in [6.45, 7) is 4.03. The molecule has 1 saturated carbocycles. The Bertz CT molecular complexity index is 257. The third kappa shape index (κ3) is 3.06. The van der Waals surface area contributed by atoms with Crippen molar-refractivity contribution in [3.8, 4) is 0 Å². The molecule has 3 heteroatoms. The van der Waals surface area contributed by atoms with Crippen LogP contribution in [0.25, 0.3) is 0 Å². The molecular weight excluding hydrogens is 226 g/mol. The second-order valence-corrected chi connectivity index (χ2v) is 6.42. The molecule has 1 N–H and O–H groups in total. The molecule has 18 heavy (non-hydrogen) atoms. The molecule has 0 amide bonds. The lowest BCUT2D eigenvalue weighted by molar-refractivity contribution is -0.0843. The topological polar surface area (TPSA) is 30.5 Å². The second-order valence-electron chi connectivity index (χ2n) is 6.42. The lowest BCUT2D eigenvalue weighted by Gasteiger charge is -2.39. The van der Waals surface area contributed by atoms with E-state index in [9.17, 15) is 0 Å². The maximum absolute atomic E-state index is 6.08. The Labute approximate surface area is 111 Å². The average molecular weight is 253 g/mol. The van der Waals surface area contributed by atoms with E-state index in [1.54, 1.807) is 0 Å². The van der Waals surface area contributed by atoms with Crippen LogP contribution in [0, 0.1) is 5.92 Å². The van der Waals surface area contributed by atoms with Crippen LogP contribution in [0.1, 0.15) is 51.4 Å². The first-order valence-electron chi connectivity index (χ1n) is 7.81. The first-order valence-corrected chi connectivity index (χ1v) is 7.81. The molecular formula is C15H27NO2. The third-order valence-electron chi connectivity index (χ3n) is 4.96. The highest BCUT2D eigenvalue weighted by Gasteiger charge is 2.39. The van der Waals surface area contributed by atoms with Crippen LogP contribution in [0.4, 0.5) is 0 Å². The van der Waals surface area contributed by atoms with Gasteiger partial charge in [0.1, 0.15) is 0 Å². The normalized spacial score (nSPS) is 36.0. The van der Waals surface area contributed by atoms with Crippen LogP contribution in [0.3, 0.4) is 0 Å². The third-order valence-corrected chi connectivity index (χ3v) is 4.96. The summed E-state index contributed by atoms with van der Waals surface area (Å²) in [4.78, 5) is 0. The van der Waals surface area contributed by atoms with Crippen molar-refractivity contribution in [1.29, 1.82) is 0 Å². The monoisotopic (exact) mass is 253 g/mol. The number of hydrogen-bond donors (Lipinski definition) is 1. The molecule has 0 radical (unpaired) electrons. The van der Waals surface area contributed by atoms with Crippen molar-refractivity contribution in [2.24, 2.45) is 5.92 Å². The fraction of sp³-hybridized carbons (Fsp3) is 1.00. The summed E-state index contributed by atoms with van der Waals surface area (Å²) in [5.41, 5.74) is 0.249. The van der Waals surface area contributed by atoms with Crippen LogP contribution in [0.5, 0.6) is 0 Å². The highest BCUT2D eigenvalue weighted by Crippen LogP contribution is 2.39. The Morgan fingerprint density at radius 3 is 2.72 bits per heavy atom. The SMILES string of the molecule is C1COCC(CNC2CCOC3(CCCC3)C2)C1. The Morgan fingerprint density at radius 2 is 1.94 bits per heavy atom. The minimum absolute atomic E-state index is 0.249. The van der Waals surface area contributed by atoms with Gasteiger partial charge in [0, 0.05) is 25.8 Å². The van der Waals surface area contributed by atoms with Gasteiger partial charge < -0.3 is 14.8 Å². The molecule has 104 valence electrons. The van der Waals surface area contributed by atoms with E-state index in [0.29, 0.717) is 6.04 Å². The van der Waals surface area contributed by atoms with Crippen LogP contribution in [0.2, 0.25) is 0 Å².